The molecule has 0 aromatic rings. The van der Waals surface area contributed by atoms with Gasteiger partial charge < -0.3 is 38.5 Å². The molecule has 0 aliphatic rings. The van der Waals surface area contributed by atoms with Gasteiger partial charge in [-0.1, -0.05) is 96.6 Å². The number of unbranched alkanes of at least 4 members (excludes halogenated alkanes) is 14. The first-order valence-electron chi connectivity index (χ1n) is 16.1. The highest BCUT2D eigenvalue weighted by Gasteiger charge is 2.37. The van der Waals surface area contributed by atoms with Crippen LogP contribution in [-0.4, -0.2) is 78.4 Å². The minimum absolute atomic E-state index is 0.0416. The summed E-state index contributed by atoms with van der Waals surface area (Å²) in [6.45, 7) is 4.53. The first-order chi connectivity index (χ1) is 19.1. The molecule has 0 saturated heterocycles. The third kappa shape index (κ3) is 22.3. The highest BCUT2D eigenvalue weighted by atomic mass is 31.2. The Bertz CT molecular complexity index is 645. The Labute approximate surface area is 246 Å². The van der Waals surface area contributed by atoms with Crippen molar-refractivity contribution >= 4 is 7.60 Å². The predicted octanol–water partition coefficient (Wildman–Crippen LogP) is 6.26. The summed E-state index contributed by atoms with van der Waals surface area (Å²) in [6.07, 6.45) is 22.9. The fourth-order valence-corrected chi connectivity index (χ4v) is 6.93. The van der Waals surface area contributed by atoms with E-state index >= 15 is 0 Å². The molecule has 0 aliphatic heterocycles. The maximum absolute atomic E-state index is 12.7. The number of allylic oxidation sites excluding steroid dienone is 2. The van der Waals surface area contributed by atoms with Gasteiger partial charge in [0.25, 0.3) is 0 Å². The van der Waals surface area contributed by atoms with Crippen molar-refractivity contribution in [2.24, 2.45) is 0 Å². The molecule has 8 nitrogen and oxygen atoms in total. The smallest absolute Gasteiger partial charge is 0.193 e. The molecule has 240 valence electrons. The molecule has 0 heterocycles. The summed E-state index contributed by atoms with van der Waals surface area (Å²) in [5.41, 5.74) is 0. The molecule has 0 fully saturated rings. The van der Waals surface area contributed by atoms with Gasteiger partial charge in [0.2, 0.25) is 0 Å². The second-order valence-electron chi connectivity index (χ2n) is 11.9. The molecule has 3 atom stereocenters. The van der Waals surface area contributed by atoms with E-state index in [9.17, 15) is 14.6 Å². The second-order valence-corrected chi connectivity index (χ2v) is 13.8. The third-order valence-electron chi connectivity index (χ3n) is 7.56. The summed E-state index contributed by atoms with van der Waals surface area (Å²) in [5.74, 6) is -0.837. The molecule has 40 heavy (non-hydrogen) atoms. The summed E-state index contributed by atoms with van der Waals surface area (Å²) in [4.78, 5) is 12.7. The number of quaternary nitrogens is 1. The normalized spacial score (nSPS) is 15.6. The van der Waals surface area contributed by atoms with E-state index in [1.807, 2.05) is 0 Å². The standard InChI is InChI=1S/C31H64NO7P/c1-5-7-8-9-10-11-12-13-14-15-16-17-18-19-20-21-22-23-26-38-27-29(33)28-39-40(36,37)30(6-2)32(3,4)25-24-31(34)35/h12-13,29-31,33-35H,5-11,14-28H2,1-4H3/b13-12-/t29-,30?/m1/s1. The van der Waals surface area contributed by atoms with Crippen LogP contribution in [-0.2, 0) is 13.8 Å². The van der Waals surface area contributed by atoms with Crippen molar-refractivity contribution in [3.05, 3.63) is 12.2 Å². The minimum Gasteiger partial charge on any atom is -0.774 e. The zero-order valence-corrected chi connectivity index (χ0v) is 27.2. The van der Waals surface area contributed by atoms with Crippen molar-refractivity contribution in [3.63, 3.8) is 0 Å². The van der Waals surface area contributed by atoms with Crippen molar-refractivity contribution in [2.75, 3.05) is 40.5 Å². The Kier molecular flexibility index (Phi) is 25.0. The highest BCUT2D eigenvalue weighted by molar-refractivity contribution is 7.51. The van der Waals surface area contributed by atoms with E-state index < -0.39 is 25.8 Å². The van der Waals surface area contributed by atoms with E-state index in [-0.39, 0.29) is 30.7 Å². The monoisotopic (exact) mass is 593 g/mol. The van der Waals surface area contributed by atoms with Gasteiger partial charge in [-0.15, -0.1) is 0 Å². The number of aliphatic hydroxyl groups is 3. The van der Waals surface area contributed by atoms with Crippen molar-refractivity contribution in [3.8, 4) is 0 Å². The Balaban J connectivity index is 3.71. The fraction of sp³-hybridized carbons (Fsp3) is 0.935. The average Bonchev–Trinajstić information content (AvgIpc) is 2.90. The molecule has 0 spiro atoms. The van der Waals surface area contributed by atoms with Crippen molar-refractivity contribution in [2.45, 2.75) is 148 Å². The Morgan fingerprint density at radius 1 is 0.775 bits per heavy atom. The fourth-order valence-electron chi connectivity index (χ4n) is 5.05. The zero-order valence-electron chi connectivity index (χ0n) is 26.3. The lowest BCUT2D eigenvalue weighted by Crippen LogP contribution is -2.51. The number of hydrogen-bond donors (Lipinski definition) is 3. The van der Waals surface area contributed by atoms with Crippen LogP contribution in [0.5, 0.6) is 0 Å². The van der Waals surface area contributed by atoms with E-state index in [1.54, 1.807) is 21.0 Å². The molecular formula is C31H64NO7P. The van der Waals surface area contributed by atoms with Gasteiger partial charge in [-0.3, -0.25) is 0 Å². The average molecular weight is 594 g/mol. The molecular weight excluding hydrogens is 529 g/mol. The van der Waals surface area contributed by atoms with Crippen LogP contribution in [0.1, 0.15) is 129 Å². The van der Waals surface area contributed by atoms with Crippen LogP contribution in [0.3, 0.4) is 0 Å². The summed E-state index contributed by atoms with van der Waals surface area (Å²) < 4.78 is 23.5. The topological polar surface area (TPSA) is 119 Å². The van der Waals surface area contributed by atoms with Gasteiger partial charge >= 0.3 is 0 Å². The van der Waals surface area contributed by atoms with E-state index in [0.717, 1.165) is 12.8 Å². The van der Waals surface area contributed by atoms with Gasteiger partial charge in [0, 0.05) is 19.4 Å². The van der Waals surface area contributed by atoms with Crippen LogP contribution >= 0.6 is 7.60 Å². The molecule has 3 N–H and O–H groups in total. The van der Waals surface area contributed by atoms with Crippen molar-refractivity contribution < 1.29 is 38.5 Å². The molecule has 2 unspecified atom stereocenters. The Morgan fingerprint density at radius 3 is 1.77 bits per heavy atom. The summed E-state index contributed by atoms with van der Waals surface area (Å²) in [6, 6.07) is 0. The number of rotatable bonds is 29. The number of hydrogen-bond acceptors (Lipinski definition) is 7. The summed E-state index contributed by atoms with van der Waals surface area (Å²) >= 11 is 0. The highest BCUT2D eigenvalue weighted by Crippen LogP contribution is 2.48. The zero-order chi connectivity index (χ0) is 30.1. The van der Waals surface area contributed by atoms with Crippen LogP contribution < -0.4 is 4.89 Å². The maximum atomic E-state index is 12.7. The second kappa shape index (κ2) is 25.2. The lowest BCUT2D eigenvalue weighted by atomic mass is 10.1. The van der Waals surface area contributed by atoms with Gasteiger partial charge in [-0.2, -0.15) is 0 Å². The third-order valence-corrected chi connectivity index (χ3v) is 9.79. The molecule has 0 amide bonds. The van der Waals surface area contributed by atoms with Crippen LogP contribution in [0.25, 0.3) is 0 Å². The Hall–Kier alpha value is -0.310. The molecule has 0 saturated carbocycles. The van der Waals surface area contributed by atoms with Crippen molar-refractivity contribution in [1.29, 1.82) is 0 Å². The molecule has 0 aromatic heterocycles. The molecule has 0 aliphatic carbocycles. The minimum atomic E-state index is -4.28. The van der Waals surface area contributed by atoms with E-state index in [2.05, 4.69) is 19.1 Å². The van der Waals surface area contributed by atoms with E-state index in [0.29, 0.717) is 13.0 Å². The maximum Gasteiger partial charge on any atom is 0.193 e. The largest absolute Gasteiger partial charge is 0.774 e. The van der Waals surface area contributed by atoms with Crippen LogP contribution in [0.2, 0.25) is 0 Å². The van der Waals surface area contributed by atoms with Crippen LogP contribution in [0.4, 0.5) is 0 Å². The van der Waals surface area contributed by atoms with Crippen LogP contribution in [0.15, 0.2) is 12.2 Å². The quantitative estimate of drug-likeness (QED) is 0.0308. The predicted molar refractivity (Wildman–Crippen MR) is 163 cm³/mol. The summed E-state index contributed by atoms with van der Waals surface area (Å²) in [5, 5.41) is 28.4. The lowest BCUT2D eigenvalue weighted by Gasteiger charge is -2.43. The van der Waals surface area contributed by atoms with Gasteiger partial charge in [0.15, 0.2) is 19.7 Å². The van der Waals surface area contributed by atoms with Gasteiger partial charge in [-0.25, -0.2) is 0 Å². The molecule has 0 radical (unpaired) electrons. The number of ether oxygens (including phenoxy) is 1. The molecule has 9 heteroatoms. The number of aliphatic hydroxyl groups excluding tert-OH is 2. The lowest BCUT2D eigenvalue weighted by molar-refractivity contribution is -0.904. The first kappa shape index (κ1) is 39.7. The molecule has 0 bridgehead atoms. The Morgan fingerprint density at radius 2 is 1.27 bits per heavy atom. The van der Waals surface area contributed by atoms with Gasteiger partial charge in [-0.05, 0) is 32.1 Å². The number of nitrogens with zero attached hydrogens (tertiary/aromatic N) is 1. The van der Waals surface area contributed by atoms with Gasteiger partial charge in [0.05, 0.1) is 33.9 Å². The SMILES string of the molecule is CCCCCCC/C=C\CCCCCCCCCCCOC[C@@H](O)COP(=O)([O-])C(CC)[N+](C)(C)CCC(O)O. The van der Waals surface area contributed by atoms with E-state index in [4.69, 9.17) is 19.5 Å². The molecule has 0 aromatic carbocycles. The van der Waals surface area contributed by atoms with E-state index in [1.165, 1.54) is 89.9 Å². The van der Waals surface area contributed by atoms with Gasteiger partial charge in [0.1, 0.15) is 6.10 Å². The van der Waals surface area contributed by atoms with Crippen LogP contribution in [0, 0.1) is 0 Å². The summed E-state index contributed by atoms with van der Waals surface area (Å²) in [7, 11) is -0.831. The first-order valence-corrected chi connectivity index (χ1v) is 17.7. The van der Waals surface area contributed by atoms with Crippen molar-refractivity contribution in [1.82, 2.24) is 0 Å². The molecule has 0 rings (SSSR count).